The van der Waals surface area contributed by atoms with Crippen LogP contribution in [0, 0.1) is 5.92 Å². The smallest absolute Gasteiger partial charge is 0.306 e. The molecule has 0 aliphatic heterocycles. The van der Waals surface area contributed by atoms with E-state index in [1.807, 2.05) is 78.9 Å². The first-order valence-electron chi connectivity index (χ1n) is 13.8. The van der Waals surface area contributed by atoms with Crippen molar-refractivity contribution in [1.82, 2.24) is 10.3 Å². The summed E-state index contributed by atoms with van der Waals surface area (Å²) in [6, 6.07) is 30.5. The van der Waals surface area contributed by atoms with Gasteiger partial charge in [-0.25, -0.2) is 4.98 Å². The number of benzene rings is 4. The minimum absolute atomic E-state index is 0.0266. The highest BCUT2D eigenvalue weighted by Crippen LogP contribution is 2.30. The van der Waals surface area contributed by atoms with E-state index in [-0.39, 0.29) is 18.0 Å². The van der Waals surface area contributed by atoms with Crippen LogP contribution in [-0.4, -0.2) is 41.2 Å². The molecule has 1 unspecified atom stereocenters. The summed E-state index contributed by atoms with van der Waals surface area (Å²) in [6.07, 6.45) is 1.01. The highest BCUT2D eigenvalue weighted by atomic mass is 32.1. The predicted molar refractivity (Wildman–Crippen MR) is 168 cm³/mol. The van der Waals surface area contributed by atoms with Crippen molar-refractivity contribution in [3.63, 3.8) is 0 Å². The number of carbonyl (C=O) groups excluding carboxylic acids is 2. The largest absolute Gasteiger partial charge is 0.481 e. The number of anilines is 2. The van der Waals surface area contributed by atoms with Gasteiger partial charge in [-0.05, 0) is 66.9 Å². The Morgan fingerprint density at radius 3 is 2.17 bits per heavy atom. The Hall–Kier alpha value is -4.66. The molecule has 0 fully saturated rings. The summed E-state index contributed by atoms with van der Waals surface area (Å²) < 4.78 is 0.941. The van der Waals surface area contributed by atoms with Crippen LogP contribution in [0.1, 0.15) is 39.1 Å². The number of rotatable bonds is 13. The highest BCUT2D eigenvalue weighted by Gasteiger charge is 2.22. The number of fused-ring (bicyclic) bond motifs is 1. The zero-order valence-electron chi connectivity index (χ0n) is 23.2. The molecule has 1 aromatic heterocycles. The van der Waals surface area contributed by atoms with Gasteiger partial charge in [0.1, 0.15) is 0 Å². The molecule has 0 spiro atoms. The third kappa shape index (κ3) is 7.15. The Balaban J connectivity index is 1.20. The average Bonchev–Trinajstić information content (AvgIpc) is 3.41. The minimum Gasteiger partial charge on any atom is -0.481 e. The van der Waals surface area contributed by atoms with Crippen LogP contribution in [0.4, 0.5) is 10.8 Å². The molecule has 4 aromatic carbocycles. The van der Waals surface area contributed by atoms with E-state index in [4.69, 9.17) is 0 Å². The Morgan fingerprint density at radius 2 is 1.50 bits per heavy atom. The zero-order chi connectivity index (χ0) is 29.5. The number of carboxylic acid groups (broad SMARTS) is 1. The van der Waals surface area contributed by atoms with Crippen LogP contribution in [0.2, 0.25) is 0 Å². The van der Waals surface area contributed by atoms with Crippen molar-refractivity contribution in [2.24, 2.45) is 5.92 Å². The molecular formula is C34H31N3O4S. The van der Waals surface area contributed by atoms with Crippen LogP contribution in [-0.2, 0) is 11.2 Å². The van der Waals surface area contributed by atoms with Crippen molar-refractivity contribution in [2.75, 3.05) is 18.9 Å². The van der Waals surface area contributed by atoms with Crippen LogP contribution >= 0.6 is 11.3 Å². The molecule has 0 amide bonds. The molecule has 0 saturated carbocycles. The number of Topliss-reactive ketones (excluding diaryl/α,β-unsaturated/α-hetero) is 2. The third-order valence-electron chi connectivity index (χ3n) is 7.13. The van der Waals surface area contributed by atoms with Gasteiger partial charge < -0.3 is 15.7 Å². The van der Waals surface area contributed by atoms with Gasteiger partial charge in [0, 0.05) is 23.2 Å². The summed E-state index contributed by atoms with van der Waals surface area (Å²) in [5.41, 5.74) is 5.89. The minimum atomic E-state index is -0.945. The summed E-state index contributed by atoms with van der Waals surface area (Å²) in [5, 5.41) is 16.6. The van der Waals surface area contributed by atoms with Crippen molar-refractivity contribution >= 4 is 49.9 Å². The van der Waals surface area contributed by atoms with Crippen molar-refractivity contribution in [3.8, 4) is 11.1 Å². The number of carboxylic acids is 1. The SMILES string of the molecule is CNCC(=O)c1ccc2nc(Nc3ccc(-c4ccc(C(=O)CC(CCc5ccccc5)C(=O)O)cc4)cc3)sc2c1. The molecule has 8 heteroatoms. The first-order valence-corrected chi connectivity index (χ1v) is 14.6. The van der Waals surface area contributed by atoms with Crippen molar-refractivity contribution < 1.29 is 19.5 Å². The number of ketones is 2. The van der Waals surface area contributed by atoms with Gasteiger partial charge in [0.25, 0.3) is 0 Å². The standard InChI is InChI=1S/C34H31N3O4S/c1-35-21-31(39)26-15-18-29-32(20-26)42-34(37-29)36-28-16-13-24(14-17-28)23-9-11-25(12-10-23)30(38)19-27(33(40)41)8-7-22-5-3-2-4-6-22/h2-6,9-18,20,27,35H,7-8,19,21H2,1H3,(H,36,37)(H,40,41). The fraction of sp³-hybridized carbons (Fsp3) is 0.176. The average molecular weight is 578 g/mol. The molecule has 5 rings (SSSR count). The van der Waals surface area contributed by atoms with Crippen LogP contribution in [0.5, 0.6) is 0 Å². The molecule has 0 saturated heterocycles. The summed E-state index contributed by atoms with van der Waals surface area (Å²) >= 11 is 1.49. The molecule has 0 aliphatic carbocycles. The Bertz CT molecular complexity index is 1700. The van der Waals surface area contributed by atoms with E-state index < -0.39 is 11.9 Å². The van der Waals surface area contributed by atoms with E-state index >= 15 is 0 Å². The lowest BCUT2D eigenvalue weighted by Crippen LogP contribution is -2.19. The second-order valence-corrected chi connectivity index (χ2v) is 11.2. The normalized spacial score (nSPS) is 11.7. The highest BCUT2D eigenvalue weighted by molar-refractivity contribution is 7.22. The molecule has 0 bridgehead atoms. The molecule has 212 valence electrons. The predicted octanol–water partition coefficient (Wildman–Crippen LogP) is 7.02. The Morgan fingerprint density at radius 1 is 0.833 bits per heavy atom. The number of thiazole rings is 1. The van der Waals surface area contributed by atoms with Crippen molar-refractivity contribution in [1.29, 1.82) is 0 Å². The number of aryl methyl sites for hydroxylation is 1. The zero-order valence-corrected chi connectivity index (χ0v) is 24.0. The van der Waals surface area contributed by atoms with E-state index in [1.165, 1.54) is 11.3 Å². The molecule has 3 N–H and O–H groups in total. The fourth-order valence-corrected chi connectivity index (χ4v) is 5.70. The van der Waals surface area contributed by atoms with Crippen molar-refractivity contribution in [2.45, 2.75) is 19.3 Å². The summed E-state index contributed by atoms with van der Waals surface area (Å²) in [4.78, 5) is 41.5. The molecule has 0 radical (unpaired) electrons. The lowest BCUT2D eigenvalue weighted by molar-refractivity contribution is -0.141. The quantitative estimate of drug-likeness (QED) is 0.129. The van der Waals surface area contributed by atoms with Gasteiger partial charge in [-0.2, -0.15) is 0 Å². The van der Waals surface area contributed by atoms with E-state index in [0.717, 1.165) is 37.7 Å². The molecular weight excluding hydrogens is 546 g/mol. The molecule has 1 heterocycles. The summed E-state index contributed by atoms with van der Waals surface area (Å²) in [5.74, 6) is -1.80. The third-order valence-corrected chi connectivity index (χ3v) is 8.06. The molecule has 0 aliphatic rings. The Kier molecular flexibility index (Phi) is 9.16. The van der Waals surface area contributed by atoms with Crippen LogP contribution in [0.15, 0.2) is 97.1 Å². The maximum Gasteiger partial charge on any atom is 0.306 e. The molecule has 7 nitrogen and oxygen atoms in total. The second kappa shape index (κ2) is 13.3. The summed E-state index contributed by atoms with van der Waals surface area (Å²) in [6.45, 7) is 0.293. The van der Waals surface area contributed by atoms with E-state index in [0.29, 0.717) is 30.5 Å². The lowest BCUT2D eigenvalue weighted by atomic mass is 9.92. The molecule has 5 aromatic rings. The maximum atomic E-state index is 12.9. The summed E-state index contributed by atoms with van der Waals surface area (Å²) in [7, 11) is 1.75. The number of nitrogens with zero attached hydrogens (tertiary/aromatic N) is 1. The van der Waals surface area contributed by atoms with Crippen molar-refractivity contribution in [3.05, 3.63) is 114 Å². The molecule has 42 heavy (non-hydrogen) atoms. The first-order chi connectivity index (χ1) is 20.4. The fourth-order valence-electron chi connectivity index (χ4n) is 4.77. The van der Waals surface area contributed by atoms with Gasteiger partial charge in [0.15, 0.2) is 16.7 Å². The van der Waals surface area contributed by atoms with Gasteiger partial charge >= 0.3 is 5.97 Å². The van der Waals surface area contributed by atoms with Gasteiger partial charge in [-0.15, -0.1) is 0 Å². The van der Waals surface area contributed by atoms with E-state index in [2.05, 4.69) is 15.6 Å². The topological polar surface area (TPSA) is 108 Å². The van der Waals surface area contributed by atoms with Gasteiger partial charge in [-0.1, -0.05) is 78.1 Å². The monoisotopic (exact) mass is 577 g/mol. The number of aliphatic carboxylic acids is 1. The van der Waals surface area contributed by atoms with Gasteiger partial charge in [-0.3, -0.25) is 14.4 Å². The Labute approximate surface area is 248 Å². The first kappa shape index (κ1) is 28.9. The van der Waals surface area contributed by atoms with E-state index in [1.54, 1.807) is 25.2 Å². The number of hydrogen-bond acceptors (Lipinski definition) is 7. The number of likely N-dealkylation sites (N-methyl/N-ethyl adjacent to an activating group) is 1. The number of hydrogen-bond donors (Lipinski definition) is 3. The second-order valence-electron chi connectivity index (χ2n) is 10.1. The lowest BCUT2D eigenvalue weighted by Gasteiger charge is -2.12. The maximum absolute atomic E-state index is 12.9. The van der Waals surface area contributed by atoms with Gasteiger partial charge in [0.05, 0.1) is 22.7 Å². The molecule has 1 atom stereocenters. The number of nitrogens with one attached hydrogen (secondary N) is 2. The van der Waals surface area contributed by atoms with E-state index in [9.17, 15) is 19.5 Å². The van der Waals surface area contributed by atoms with Crippen LogP contribution in [0.25, 0.3) is 21.3 Å². The number of aromatic nitrogens is 1. The van der Waals surface area contributed by atoms with Gasteiger partial charge in [0.2, 0.25) is 0 Å². The van der Waals surface area contributed by atoms with Crippen LogP contribution < -0.4 is 10.6 Å². The number of carbonyl (C=O) groups is 3. The van der Waals surface area contributed by atoms with Crippen LogP contribution in [0.3, 0.4) is 0 Å².